The summed E-state index contributed by atoms with van der Waals surface area (Å²) in [7, 11) is 1.86. The molecule has 1 aliphatic heterocycles. The van der Waals surface area contributed by atoms with Crippen molar-refractivity contribution in [2.24, 2.45) is 0 Å². The standard InChI is InChI=1S/C23H26N2O3/c1-24(23(27)14-18-16-28-22-10-3-2-9-20(18)22)15-21(25-11-4-5-12-25)17-7-6-8-19(26)13-17/h2-3,6-10,13,16,21,26H,4-5,11-12,14-15H2,1H3. The highest BCUT2D eigenvalue weighted by molar-refractivity contribution is 5.87. The zero-order chi connectivity index (χ0) is 19.5. The van der Waals surface area contributed by atoms with Crippen molar-refractivity contribution in [2.75, 3.05) is 26.7 Å². The van der Waals surface area contributed by atoms with Crippen LogP contribution in [0.3, 0.4) is 0 Å². The summed E-state index contributed by atoms with van der Waals surface area (Å²) < 4.78 is 5.57. The maximum Gasteiger partial charge on any atom is 0.226 e. The van der Waals surface area contributed by atoms with Gasteiger partial charge in [0, 0.05) is 24.5 Å². The Hall–Kier alpha value is -2.79. The molecule has 0 bridgehead atoms. The number of nitrogens with zero attached hydrogens (tertiary/aromatic N) is 2. The fourth-order valence-corrected chi connectivity index (χ4v) is 4.05. The Bertz CT molecular complexity index is 959. The van der Waals surface area contributed by atoms with E-state index in [0.717, 1.165) is 35.2 Å². The predicted molar refractivity (Wildman–Crippen MR) is 109 cm³/mol. The summed E-state index contributed by atoms with van der Waals surface area (Å²) in [6.45, 7) is 2.64. The van der Waals surface area contributed by atoms with E-state index in [4.69, 9.17) is 4.42 Å². The Labute approximate surface area is 165 Å². The first kappa shape index (κ1) is 18.6. The van der Waals surface area contributed by atoms with Crippen molar-refractivity contribution in [1.82, 2.24) is 9.80 Å². The number of phenolic OH excluding ortho intramolecular Hbond substituents is 1. The second-order valence-electron chi connectivity index (χ2n) is 7.56. The van der Waals surface area contributed by atoms with Gasteiger partial charge in [0.2, 0.25) is 5.91 Å². The fraction of sp³-hybridized carbons (Fsp3) is 0.348. The summed E-state index contributed by atoms with van der Waals surface area (Å²) in [6, 6.07) is 15.3. The van der Waals surface area contributed by atoms with Crippen LogP contribution >= 0.6 is 0 Å². The highest BCUT2D eigenvalue weighted by Gasteiger charge is 2.26. The fourth-order valence-electron chi connectivity index (χ4n) is 4.05. The van der Waals surface area contributed by atoms with Crippen LogP contribution in [0.25, 0.3) is 11.0 Å². The molecule has 1 atom stereocenters. The lowest BCUT2D eigenvalue weighted by molar-refractivity contribution is -0.129. The minimum atomic E-state index is 0.0657. The second-order valence-corrected chi connectivity index (χ2v) is 7.56. The van der Waals surface area contributed by atoms with E-state index in [9.17, 15) is 9.90 Å². The molecule has 0 radical (unpaired) electrons. The van der Waals surface area contributed by atoms with Gasteiger partial charge >= 0.3 is 0 Å². The number of hydrogen-bond donors (Lipinski definition) is 1. The van der Waals surface area contributed by atoms with Crippen molar-refractivity contribution in [3.8, 4) is 5.75 Å². The molecule has 0 spiro atoms. The number of carbonyl (C=O) groups excluding carboxylic acids is 1. The number of para-hydroxylation sites is 1. The first-order valence-corrected chi connectivity index (χ1v) is 9.84. The summed E-state index contributed by atoms with van der Waals surface area (Å²) in [4.78, 5) is 17.1. The summed E-state index contributed by atoms with van der Waals surface area (Å²) in [5.74, 6) is 0.330. The van der Waals surface area contributed by atoms with Crippen LogP contribution < -0.4 is 0 Å². The summed E-state index contributed by atoms with van der Waals surface area (Å²) in [5, 5.41) is 10.9. The van der Waals surface area contributed by atoms with Gasteiger partial charge in [-0.2, -0.15) is 0 Å². The molecule has 0 aliphatic carbocycles. The molecule has 2 aromatic carbocycles. The zero-order valence-electron chi connectivity index (χ0n) is 16.2. The third-order valence-corrected chi connectivity index (χ3v) is 5.61. The van der Waals surface area contributed by atoms with E-state index in [1.165, 1.54) is 12.8 Å². The monoisotopic (exact) mass is 378 g/mol. The maximum absolute atomic E-state index is 12.9. The van der Waals surface area contributed by atoms with Crippen LogP contribution in [0.2, 0.25) is 0 Å². The quantitative estimate of drug-likeness (QED) is 0.705. The minimum Gasteiger partial charge on any atom is -0.508 e. The predicted octanol–water partition coefficient (Wildman–Crippen LogP) is 3.98. The van der Waals surface area contributed by atoms with Gasteiger partial charge < -0.3 is 14.4 Å². The maximum atomic E-state index is 12.9. The zero-order valence-corrected chi connectivity index (χ0v) is 16.2. The third-order valence-electron chi connectivity index (χ3n) is 5.61. The number of benzene rings is 2. The van der Waals surface area contributed by atoms with E-state index in [1.807, 2.05) is 49.5 Å². The Morgan fingerprint density at radius 2 is 1.96 bits per heavy atom. The normalized spacial score (nSPS) is 15.8. The van der Waals surface area contributed by atoms with Gasteiger partial charge in [-0.15, -0.1) is 0 Å². The first-order valence-electron chi connectivity index (χ1n) is 9.84. The number of aromatic hydroxyl groups is 1. The van der Waals surface area contributed by atoms with Gasteiger partial charge in [0.05, 0.1) is 18.7 Å². The molecule has 146 valence electrons. The second kappa shape index (κ2) is 8.07. The highest BCUT2D eigenvalue weighted by Crippen LogP contribution is 2.28. The Balaban J connectivity index is 1.50. The molecule has 1 unspecified atom stereocenters. The molecule has 1 aromatic heterocycles. The van der Waals surface area contributed by atoms with Crippen LogP contribution in [0, 0.1) is 0 Å². The Kier molecular flexibility index (Phi) is 5.35. The molecule has 1 fully saturated rings. The number of furan rings is 1. The van der Waals surface area contributed by atoms with Gasteiger partial charge in [0.15, 0.2) is 0 Å². The molecule has 5 nitrogen and oxygen atoms in total. The van der Waals surface area contributed by atoms with Crippen molar-refractivity contribution in [3.05, 3.63) is 65.9 Å². The van der Waals surface area contributed by atoms with E-state index < -0.39 is 0 Å². The molecule has 3 aromatic rings. The summed E-state index contributed by atoms with van der Waals surface area (Å²) in [5.41, 5.74) is 2.78. The molecule has 5 heteroatoms. The topological polar surface area (TPSA) is 56.9 Å². The molecule has 1 amide bonds. The average Bonchev–Trinajstić information content (AvgIpc) is 3.36. The number of carbonyl (C=O) groups is 1. The molecular formula is C23H26N2O3. The summed E-state index contributed by atoms with van der Waals surface area (Å²) in [6.07, 6.45) is 4.35. The van der Waals surface area contributed by atoms with Crippen LogP contribution in [-0.2, 0) is 11.2 Å². The molecule has 1 saturated heterocycles. The number of phenols is 1. The van der Waals surface area contributed by atoms with Crippen LogP contribution in [0.4, 0.5) is 0 Å². The van der Waals surface area contributed by atoms with Gasteiger partial charge in [0.1, 0.15) is 11.3 Å². The number of fused-ring (bicyclic) bond motifs is 1. The molecule has 0 saturated carbocycles. The van der Waals surface area contributed by atoms with Crippen molar-refractivity contribution in [3.63, 3.8) is 0 Å². The van der Waals surface area contributed by atoms with Crippen molar-refractivity contribution in [2.45, 2.75) is 25.3 Å². The van der Waals surface area contributed by atoms with E-state index in [0.29, 0.717) is 13.0 Å². The van der Waals surface area contributed by atoms with E-state index in [1.54, 1.807) is 17.2 Å². The van der Waals surface area contributed by atoms with Crippen LogP contribution in [-0.4, -0.2) is 47.5 Å². The minimum absolute atomic E-state index is 0.0657. The SMILES string of the molecule is CN(CC(c1cccc(O)c1)N1CCCC1)C(=O)Cc1coc2ccccc12. The van der Waals surface area contributed by atoms with Gasteiger partial charge in [-0.3, -0.25) is 9.69 Å². The number of likely N-dealkylation sites (N-methyl/N-ethyl adjacent to an activating group) is 1. The van der Waals surface area contributed by atoms with Crippen LogP contribution in [0.15, 0.2) is 59.2 Å². The smallest absolute Gasteiger partial charge is 0.226 e. The Morgan fingerprint density at radius 1 is 1.18 bits per heavy atom. The van der Waals surface area contributed by atoms with Crippen LogP contribution in [0.5, 0.6) is 5.75 Å². The third kappa shape index (κ3) is 3.90. The van der Waals surface area contributed by atoms with E-state index >= 15 is 0 Å². The number of hydrogen-bond acceptors (Lipinski definition) is 4. The molecule has 1 N–H and O–H groups in total. The Morgan fingerprint density at radius 3 is 2.75 bits per heavy atom. The van der Waals surface area contributed by atoms with Crippen molar-refractivity contribution in [1.29, 1.82) is 0 Å². The first-order chi connectivity index (χ1) is 13.6. The van der Waals surface area contributed by atoms with E-state index in [2.05, 4.69) is 4.90 Å². The molecule has 28 heavy (non-hydrogen) atoms. The average molecular weight is 378 g/mol. The lowest BCUT2D eigenvalue weighted by Crippen LogP contribution is -2.38. The molecule has 4 rings (SSSR count). The van der Waals surface area contributed by atoms with Crippen molar-refractivity contribution >= 4 is 16.9 Å². The highest BCUT2D eigenvalue weighted by atomic mass is 16.3. The van der Waals surface area contributed by atoms with Crippen LogP contribution in [0.1, 0.15) is 30.0 Å². The molecule has 2 heterocycles. The lowest BCUT2D eigenvalue weighted by atomic mass is 10.0. The van der Waals surface area contributed by atoms with Gasteiger partial charge in [0.25, 0.3) is 0 Å². The number of rotatable bonds is 6. The van der Waals surface area contributed by atoms with Gasteiger partial charge in [-0.25, -0.2) is 0 Å². The molecular weight excluding hydrogens is 352 g/mol. The summed E-state index contributed by atoms with van der Waals surface area (Å²) >= 11 is 0. The van der Waals surface area contributed by atoms with Crippen molar-refractivity contribution < 1.29 is 14.3 Å². The lowest BCUT2D eigenvalue weighted by Gasteiger charge is -2.32. The number of likely N-dealkylation sites (tertiary alicyclic amines) is 1. The largest absolute Gasteiger partial charge is 0.508 e. The van der Waals surface area contributed by atoms with Gasteiger partial charge in [-0.1, -0.05) is 30.3 Å². The molecule has 1 aliphatic rings. The number of amides is 1. The van der Waals surface area contributed by atoms with E-state index in [-0.39, 0.29) is 17.7 Å². The van der Waals surface area contributed by atoms with Gasteiger partial charge in [-0.05, 0) is 49.7 Å².